The van der Waals surface area contributed by atoms with Crippen LogP contribution in [0.4, 0.5) is 0 Å². The summed E-state index contributed by atoms with van der Waals surface area (Å²) < 4.78 is 6.65. The number of rotatable bonds is 5. The van der Waals surface area contributed by atoms with Crippen LogP contribution in [0.3, 0.4) is 0 Å². The minimum atomic E-state index is -0.488. The van der Waals surface area contributed by atoms with Crippen LogP contribution in [0.25, 0.3) is 0 Å². The van der Waals surface area contributed by atoms with E-state index in [0.717, 1.165) is 13.1 Å². The van der Waals surface area contributed by atoms with Crippen molar-refractivity contribution >= 4 is 11.8 Å². The van der Waals surface area contributed by atoms with Crippen LogP contribution in [-0.4, -0.2) is 59.5 Å². The van der Waals surface area contributed by atoms with E-state index in [4.69, 9.17) is 10.5 Å². The molecular weight excluding hydrogens is 300 g/mol. The maximum absolute atomic E-state index is 12.0. The second-order valence-corrected chi connectivity index (χ2v) is 5.57. The average molecular weight is 322 g/mol. The summed E-state index contributed by atoms with van der Waals surface area (Å²) in [6, 6.07) is 1.47. The zero-order valence-corrected chi connectivity index (χ0v) is 13.4. The third-order valence-electron chi connectivity index (χ3n) is 3.93. The molecule has 1 saturated heterocycles. The van der Waals surface area contributed by atoms with Crippen molar-refractivity contribution in [2.45, 2.75) is 20.0 Å². The summed E-state index contributed by atoms with van der Waals surface area (Å²) in [5.74, 6) is -0.241. The zero-order valence-electron chi connectivity index (χ0n) is 13.4. The third kappa shape index (κ3) is 4.32. The van der Waals surface area contributed by atoms with E-state index >= 15 is 0 Å². The Morgan fingerprint density at radius 2 is 1.91 bits per heavy atom. The third-order valence-corrected chi connectivity index (χ3v) is 3.93. The first kappa shape index (κ1) is 17.0. The SMILES string of the molecule is COc1cn(CC(N)=O)c(CN2CCN(C(C)=O)CC2)cc1=O. The Bertz CT molecular complexity index is 647. The lowest BCUT2D eigenvalue weighted by molar-refractivity contribution is -0.130. The smallest absolute Gasteiger partial charge is 0.237 e. The van der Waals surface area contributed by atoms with Gasteiger partial charge in [0, 0.05) is 51.4 Å². The van der Waals surface area contributed by atoms with Gasteiger partial charge in [0.05, 0.1) is 13.3 Å². The van der Waals surface area contributed by atoms with Gasteiger partial charge in [-0.1, -0.05) is 0 Å². The highest BCUT2D eigenvalue weighted by Crippen LogP contribution is 2.11. The van der Waals surface area contributed by atoms with Crippen molar-refractivity contribution in [3.63, 3.8) is 0 Å². The number of aromatic nitrogens is 1. The molecule has 8 nitrogen and oxygen atoms in total. The molecule has 1 aromatic rings. The summed E-state index contributed by atoms with van der Waals surface area (Å²) in [6.07, 6.45) is 1.51. The van der Waals surface area contributed by atoms with Crippen LogP contribution in [0.5, 0.6) is 5.75 Å². The number of nitrogens with two attached hydrogens (primary N) is 1. The zero-order chi connectivity index (χ0) is 17.0. The fraction of sp³-hybridized carbons (Fsp3) is 0.533. The van der Waals surface area contributed by atoms with Gasteiger partial charge in [-0.2, -0.15) is 0 Å². The first-order chi connectivity index (χ1) is 10.9. The molecule has 126 valence electrons. The maximum Gasteiger partial charge on any atom is 0.237 e. The van der Waals surface area contributed by atoms with E-state index in [1.54, 1.807) is 16.4 Å². The number of hydrogen-bond donors (Lipinski definition) is 1. The van der Waals surface area contributed by atoms with E-state index in [-0.39, 0.29) is 23.6 Å². The molecule has 2 N–H and O–H groups in total. The molecule has 0 unspecified atom stereocenters. The molecule has 0 saturated carbocycles. The molecule has 0 aromatic carbocycles. The average Bonchev–Trinajstić information content (AvgIpc) is 2.50. The summed E-state index contributed by atoms with van der Waals surface area (Å²) in [5, 5.41) is 0. The van der Waals surface area contributed by atoms with E-state index in [9.17, 15) is 14.4 Å². The van der Waals surface area contributed by atoms with Gasteiger partial charge in [0.1, 0.15) is 6.54 Å². The molecule has 0 radical (unpaired) electrons. The summed E-state index contributed by atoms with van der Waals surface area (Å²) in [5.41, 5.74) is 5.74. The number of piperazine rings is 1. The molecule has 0 spiro atoms. The van der Waals surface area contributed by atoms with Gasteiger partial charge in [-0.25, -0.2) is 0 Å². The number of amides is 2. The van der Waals surface area contributed by atoms with E-state index in [2.05, 4.69) is 4.90 Å². The molecule has 2 rings (SSSR count). The second kappa shape index (κ2) is 7.28. The normalized spacial score (nSPS) is 15.5. The summed E-state index contributed by atoms with van der Waals surface area (Å²) in [6.45, 7) is 4.81. The molecule has 1 aliphatic heterocycles. The number of nitrogens with zero attached hydrogens (tertiary/aromatic N) is 3. The largest absolute Gasteiger partial charge is 0.491 e. The molecule has 8 heteroatoms. The minimum absolute atomic E-state index is 0.0145. The van der Waals surface area contributed by atoms with E-state index in [0.29, 0.717) is 25.3 Å². The quantitative estimate of drug-likeness (QED) is 0.750. The number of primary amides is 1. The molecule has 0 aliphatic carbocycles. The topological polar surface area (TPSA) is 97.9 Å². The fourth-order valence-electron chi connectivity index (χ4n) is 2.65. The Labute approximate surface area is 134 Å². The van der Waals surface area contributed by atoms with E-state index in [1.807, 2.05) is 0 Å². The lowest BCUT2D eigenvalue weighted by Gasteiger charge is -2.34. The standard InChI is InChI=1S/C15H22N4O4/c1-11(20)18-5-3-17(4-6-18)8-12-7-13(21)14(23-2)9-19(12)10-15(16)22/h7,9H,3-6,8,10H2,1-2H3,(H2,16,22). The minimum Gasteiger partial charge on any atom is -0.491 e. The Balaban J connectivity index is 2.15. The first-order valence-corrected chi connectivity index (χ1v) is 7.44. The van der Waals surface area contributed by atoms with Crippen molar-refractivity contribution < 1.29 is 14.3 Å². The van der Waals surface area contributed by atoms with Crippen LogP contribution in [0.15, 0.2) is 17.1 Å². The van der Waals surface area contributed by atoms with Crippen LogP contribution < -0.4 is 15.9 Å². The number of pyridine rings is 1. The molecule has 1 aromatic heterocycles. The molecule has 0 bridgehead atoms. The Morgan fingerprint density at radius 3 is 2.43 bits per heavy atom. The Kier molecular flexibility index (Phi) is 5.38. The van der Waals surface area contributed by atoms with Crippen LogP contribution in [-0.2, 0) is 22.7 Å². The van der Waals surface area contributed by atoms with Gasteiger partial charge in [0.2, 0.25) is 17.2 Å². The molecule has 2 amide bonds. The van der Waals surface area contributed by atoms with Crippen LogP contribution in [0.2, 0.25) is 0 Å². The van der Waals surface area contributed by atoms with Gasteiger partial charge in [-0.05, 0) is 0 Å². The lowest BCUT2D eigenvalue weighted by atomic mass is 10.2. The Morgan fingerprint density at radius 1 is 1.26 bits per heavy atom. The number of carbonyl (C=O) groups is 2. The van der Waals surface area contributed by atoms with Gasteiger partial charge in [-0.3, -0.25) is 19.3 Å². The highest BCUT2D eigenvalue weighted by molar-refractivity contribution is 5.73. The fourth-order valence-corrected chi connectivity index (χ4v) is 2.65. The van der Waals surface area contributed by atoms with Gasteiger partial charge in [0.15, 0.2) is 5.75 Å². The molecule has 2 heterocycles. The number of methoxy groups -OCH3 is 1. The summed E-state index contributed by atoms with van der Waals surface area (Å²) in [7, 11) is 1.41. The summed E-state index contributed by atoms with van der Waals surface area (Å²) in [4.78, 5) is 38.5. The van der Waals surface area contributed by atoms with Gasteiger partial charge in [0.25, 0.3) is 0 Å². The molecular formula is C15H22N4O4. The maximum atomic E-state index is 12.0. The van der Waals surface area contributed by atoms with Crippen LogP contribution >= 0.6 is 0 Å². The van der Waals surface area contributed by atoms with Crippen molar-refractivity contribution in [2.24, 2.45) is 5.73 Å². The first-order valence-electron chi connectivity index (χ1n) is 7.44. The molecule has 1 aliphatic rings. The van der Waals surface area contributed by atoms with Crippen molar-refractivity contribution in [1.29, 1.82) is 0 Å². The predicted molar refractivity (Wildman–Crippen MR) is 84.0 cm³/mol. The molecule has 0 atom stereocenters. The van der Waals surface area contributed by atoms with Crippen LogP contribution in [0.1, 0.15) is 12.6 Å². The van der Waals surface area contributed by atoms with Gasteiger partial charge < -0.3 is 19.9 Å². The monoisotopic (exact) mass is 322 g/mol. The van der Waals surface area contributed by atoms with Crippen LogP contribution in [0, 0.1) is 0 Å². The number of hydrogen-bond acceptors (Lipinski definition) is 5. The van der Waals surface area contributed by atoms with Crippen molar-refractivity contribution in [3.05, 3.63) is 28.2 Å². The van der Waals surface area contributed by atoms with Crippen molar-refractivity contribution in [3.8, 4) is 5.75 Å². The highest BCUT2D eigenvalue weighted by Gasteiger charge is 2.20. The Hall–Kier alpha value is -2.35. The van der Waals surface area contributed by atoms with Gasteiger partial charge >= 0.3 is 0 Å². The highest BCUT2D eigenvalue weighted by atomic mass is 16.5. The molecule has 23 heavy (non-hydrogen) atoms. The van der Waals surface area contributed by atoms with Crippen molar-refractivity contribution in [1.82, 2.24) is 14.4 Å². The van der Waals surface area contributed by atoms with E-state index < -0.39 is 5.91 Å². The lowest BCUT2D eigenvalue weighted by Crippen LogP contribution is -2.47. The summed E-state index contributed by atoms with van der Waals surface area (Å²) >= 11 is 0. The van der Waals surface area contributed by atoms with E-state index in [1.165, 1.54) is 19.4 Å². The number of carbonyl (C=O) groups excluding carboxylic acids is 2. The van der Waals surface area contributed by atoms with Gasteiger partial charge in [-0.15, -0.1) is 0 Å². The predicted octanol–water partition coefficient (Wildman–Crippen LogP) is -0.994. The molecule has 1 fully saturated rings. The second-order valence-electron chi connectivity index (χ2n) is 5.57. The van der Waals surface area contributed by atoms with Crippen molar-refractivity contribution in [2.75, 3.05) is 33.3 Å². The number of ether oxygens (including phenoxy) is 1.